The highest BCUT2D eigenvalue weighted by Crippen LogP contribution is 2.28. The summed E-state index contributed by atoms with van der Waals surface area (Å²) in [6.45, 7) is 2.12. The first-order valence-corrected chi connectivity index (χ1v) is 6.51. The van der Waals surface area contributed by atoms with Crippen LogP contribution in [0.1, 0.15) is 19.8 Å². The molecule has 0 spiro atoms. The van der Waals surface area contributed by atoms with Gasteiger partial charge < -0.3 is 20.9 Å². The molecule has 1 aromatic rings. The first kappa shape index (κ1) is 14.6. The fraction of sp³-hybridized carbons (Fsp3) is 0.308. The molecule has 1 aliphatic rings. The van der Waals surface area contributed by atoms with Crippen molar-refractivity contribution in [2.24, 2.45) is 0 Å². The number of aromatic nitrogens is 2. The highest BCUT2D eigenvalue weighted by atomic mass is 16.6. The van der Waals surface area contributed by atoms with Crippen LogP contribution in [0.5, 0.6) is 11.8 Å². The number of amides is 1. The number of ether oxygens (including phenoxy) is 2. The van der Waals surface area contributed by atoms with Gasteiger partial charge in [0.1, 0.15) is 0 Å². The van der Waals surface area contributed by atoms with Crippen LogP contribution < -0.4 is 26.3 Å². The number of nitrogens with one attached hydrogen (secondary N) is 1. The number of allylic oxidation sites excluding steroid dienone is 3. The van der Waals surface area contributed by atoms with Crippen molar-refractivity contribution < 1.29 is 14.3 Å². The lowest BCUT2D eigenvalue weighted by atomic mass is 10.1. The Hall–Kier alpha value is -2.77. The first-order valence-electron chi connectivity index (χ1n) is 6.51. The number of hydrogen-bond donors (Lipinski definition) is 3. The molecule has 0 fully saturated rings. The molecule has 1 amide bonds. The molecule has 5 N–H and O–H groups in total. The number of nitrogens with two attached hydrogens (primary N) is 2. The van der Waals surface area contributed by atoms with Crippen molar-refractivity contribution in [3.8, 4) is 11.8 Å². The summed E-state index contributed by atoms with van der Waals surface area (Å²) in [5, 5.41) is 2.58. The molecule has 0 aromatic carbocycles. The Morgan fingerprint density at radius 1 is 1.33 bits per heavy atom. The van der Waals surface area contributed by atoms with Gasteiger partial charge in [-0.2, -0.15) is 9.97 Å². The summed E-state index contributed by atoms with van der Waals surface area (Å²) in [6.07, 6.45) is 6.76. The average Bonchev–Trinajstić information content (AvgIpc) is 2.45. The maximum Gasteiger partial charge on any atom is 0.418 e. The number of hydrogen-bond acceptors (Lipinski definition) is 7. The van der Waals surface area contributed by atoms with E-state index in [1.165, 1.54) is 0 Å². The van der Waals surface area contributed by atoms with Crippen molar-refractivity contribution in [1.29, 1.82) is 0 Å². The third kappa shape index (κ3) is 3.85. The molecule has 0 saturated carbocycles. The standard InChI is InChI=1S/C13H17N5O3/c1-2-20-10-9(14)11(18-12(15)17-10)21-13(19)16-8-6-4-3-5-7-8/h4,6-7H,2-3,5,14H2,1H3,(H,16,19)(H2,15,17,18). The number of anilines is 2. The molecule has 0 aliphatic heterocycles. The quantitative estimate of drug-likeness (QED) is 0.764. The maximum absolute atomic E-state index is 11.8. The van der Waals surface area contributed by atoms with Gasteiger partial charge in [0.05, 0.1) is 6.61 Å². The summed E-state index contributed by atoms with van der Waals surface area (Å²) in [7, 11) is 0. The smallest absolute Gasteiger partial charge is 0.418 e. The topological polar surface area (TPSA) is 125 Å². The lowest BCUT2D eigenvalue weighted by Crippen LogP contribution is -2.27. The number of carbonyl (C=O) groups is 1. The van der Waals surface area contributed by atoms with Gasteiger partial charge in [-0.05, 0) is 25.8 Å². The molecule has 1 aliphatic carbocycles. The fourth-order valence-corrected chi connectivity index (χ4v) is 1.71. The van der Waals surface area contributed by atoms with Crippen LogP contribution in [0.25, 0.3) is 0 Å². The van der Waals surface area contributed by atoms with Gasteiger partial charge in [-0.3, -0.25) is 5.32 Å². The Kier molecular flexibility index (Phi) is 4.60. The van der Waals surface area contributed by atoms with Crippen LogP contribution >= 0.6 is 0 Å². The monoisotopic (exact) mass is 291 g/mol. The zero-order valence-corrected chi connectivity index (χ0v) is 11.6. The van der Waals surface area contributed by atoms with Crippen molar-refractivity contribution in [2.75, 3.05) is 18.1 Å². The van der Waals surface area contributed by atoms with Gasteiger partial charge in [-0.15, -0.1) is 0 Å². The molecular weight excluding hydrogens is 274 g/mol. The minimum atomic E-state index is -0.708. The van der Waals surface area contributed by atoms with E-state index in [2.05, 4.69) is 15.3 Å². The molecule has 21 heavy (non-hydrogen) atoms. The molecule has 8 nitrogen and oxygen atoms in total. The molecule has 0 atom stereocenters. The second-order valence-corrected chi connectivity index (χ2v) is 4.19. The molecular formula is C13H17N5O3. The maximum atomic E-state index is 11.8. The summed E-state index contributed by atoms with van der Waals surface area (Å²) < 4.78 is 10.3. The van der Waals surface area contributed by atoms with E-state index in [0.717, 1.165) is 12.8 Å². The second-order valence-electron chi connectivity index (χ2n) is 4.19. The van der Waals surface area contributed by atoms with E-state index >= 15 is 0 Å². The van der Waals surface area contributed by atoms with Crippen LogP contribution in [-0.2, 0) is 0 Å². The van der Waals surface area contributed by atoms with E-state index in [0.29, 0.717) is 12.3 Å². The van der Waals surface area contributed by atoms with Crippen molar-refractivity contribution >= 4 is 17.7 Å². The van der Waals surface area contributed by atoms with Crippen molar-refractivity contribution in [1.82, 2.24) is 15.3 Å². The molecule has 0 radical (unpaired) electrons. The van der Waals surface area contributed by atoms with Gasteiger partial charge >= 0.3 is 6.09 Å². The number of carbonyl (C=O) groups excluding carboxylic acids is 1. The Balaban J connectivity index is 2.09. The molecule has 112 valence electrons. The highest BCUT2D eigenvalue weighted by Gasteiger charge is 2.16. The summed E-state index contributed by atoms with van der Waals surface area (Å²) in [5.41, 5.74) is 12.0. The molecule has 8 heteroatoms. The van der Waals surface area contributed by atoms with Gasteiger partial charge in [-0.25, -0.2) is 4.79 Å². The van der Waals surface area contributed by atoms with E-state index in [4.69, 9.17) is 20.9 Å². The molecule has 0 saturated heterocycles. The van der Waals surface area contributed by atoms with Crippen molar-refractivity contribution in [3.63, 3.8) is 0 Å². The zero-order valence-electron chi connectivity index (χ0n) is 11.6. The lowest BCUT2D eigenvalue weighted by molar-refractivity contribution is 0.202. The second kappa shape index (κ2) is 6.60. The van der Waals surface area contributed by atoms with E-state index in [1.807, 2.05) is 12.2 Å². The van der Waals surface area contributed by atoms with Gasteiger partial charge in [0.2, 0.25) is 11.8 Å². The van der Waals surface area contributed by atoms with Crippen molar-refractivity contribution in [2.45, 2.75) is 19.8 Å². The van der Waals surface area contributed by atoms with Crippen LogP contribution in [0.15, 0.2) is 23.9 Å². The normalized spacial score (nSPS) is 13.5. The zero-order chi connectivity index (χ0) is 15.2. The Labute approximate surface area is 121 Å². The van der Waals surface area contributed by atoms with E-state index in [-0.39, 0.29) is 23.4 Å². The van der Waals surface area contributed by atoms with Gasteiger partial charge in [0.15, 0.2) is 5.69 Å². The summed E-state index contributed by atoms with van der Waals surface area (Å²) in [6, 6.07) is 0. The molecule has 0 bridgehead atoms. The highest BCUT2D eigenvalue weighted by molar-refractivity contribution is 5.75. The van der Waals surface area contributed by atoms with Crippen molar-refractivity contribution in [3.05, 3.63) is 23.9 Å². The predicted octanol–water partition coefficient (Wildman–Crippen LogP) is 1.36. The molecule has 1 heterocycles. The number of nitrogens with zero attached hydrogens (tertiary/aromatic N) is 2. The fourth-order valence-electron chi connectivity index (χ4n) is 1.71. The predicted molar refractivity (Wildman–Crippen MR) is 77.6 cm³/mol. The number of rotatable bonds is 4. The minimum Gasteiger partial charge on any atom is -0.476 e. The van der Waals surface area contributed by atoms with Gasteiger partial charge in [0, 0.05) is 5.70 Å². The van der Waals surface area contributed by atoms with Crippen LogP contribution in [0.3, 0.4) is 0 Å². The molecule has 1 aromatic heterocycles. The van der Waals surface area contributed by atoms with Gasteiger partial charge in [-0.1, -0.05) is 12.2 Å². The molecule has 2 rings (SSSR count). The van der Waals surface area contributed by atoms with E-state index < -0.39 is 6.09 Å². The third-order valence-electron chi connectivity index (χ3n) is 2.60. The largest absolute Gasteiger partial charge is 0.476 e. The Morgan fingerprint density at radius 3 is 2.76 bits per heavy atom. The lowest BCUT2D eigenvalue weighted by Gasteiger charge is -2.12. The van der Waals surface area contributed by atoms with E-state index in [9.17, 15) is 4.79 Å². The SMILES string of the molecule is CCOc1nc(N)nc(OC(=O)NC2=CCCC=C2)c1N. The summed E-state index contributed by atoms with van der Waals surface area (Å²) in [5.74, 6) is -0.138. The average molecular weight is 291 g/mol. The minimum absolute atomic E-state index is 0.0226. The Bertz CT molecular complexity index is 598. The van der Waals surface area contributed by atoms with Crippen LogP contribution in [-0.4, -0.2) is 22.7 Å². The van der Waals surface area contributed by atoms with Gasteiger partial charge in [0.25, 0.3) is 5.88 Å². The summed E-state index contributed by atoms with van der Waals surface area (Å²) in [4.78, 5) is 19.4. The number of nitrogen functional groups attached to an aromatic ring is 2. The Morgan fingerprint density at radius 2 is 2.10 bits per heavy atom. The first-order chi connectivity index (χ1) is 10.1. The van der Waals surface area contributed by atoms with E-state index in [1.54, 1.807) is 13.0 Å². The molecule has 0 unspecified atom stereocenters. The van der Waals surface area contributed by atoms with Crippen LogP contribution in [0.2, 0.25) is 0 Å². The summed E-state index contributed by atoms with van der Waals surface area (Å²) >= 11 is 0. The third-order valence-corrected chi connectivity index (χ3v) is 2.60. The van der Waals surface area contributed by atoms with Crippen LogP contribution in [0, 0.1) is 0 Å². The van der Waals surface area contributed by atoms with Crippen LogP contribution in [0.4, 0.5) is 16.4 Å².